The summed E-state index contributed by atoms with van der Waals surface area (Å²) >= 11 is 0. The van der Waals surface area contributed by atoms with Crippen molar-refractivity contribution in [2.24, 2.45) is 5.10 Å². The molecule has 2 aromatic heterocycles. The lowest BCUT2D eigenvalue weighted by atomic mass is 10.2. The van der Waals surface area contributed by atoms with Crippen LogP contribution in [0.3, 0.4) is 0 Å². The summed E-state index contributed by atoms with van der Waals surface area (Å²) in [4.78, 5) is 14.0. The molecule has 3 aromatic rings. The van der Waals surface area contributed by atoms with Crippen LogP contribution in [-0.2, 0) is 6.42 Å². The monoisotopic (exact) mass is 395 g/mol. The summed E-state index contributed by atoms with van der Waals surface area (Å²) in [5.74, 6) is 2.86. The Kier molecular flexibility index (Phi) is 4.35. The molecule has 1 atom stereocenters. The number of ether oxygens (including phenoxy) is 1. The normalized spacial score (nSPS) is 19.4. The van der Waals surface area contributed by atoms with Crippen molar-refractivity contribution in [3.8, 4) is 5.75 Å². The van der Waals surface area contributed by atoms with Gasteiger partial charge in [0.05, 0.1) is 13.7 Å². The molecule has 4 heterocycles. The Balaban J connectivity index is 1.35. The van der Waals surface area contributed by atoms with E-state index in [1.165, 1.54) is 0 Å². The molecule has 10 nitrogen and oxygen atoms in total. The molecule has 0 radical (unpaired) electrons. The molecule has 29 heavy (non-hydrogen) atoms. The van der Waals surface area contributed by atoms with Crippen molar-refractivity contribution in [1.82, 2.24) is 34.8 Å². The summed E-state index contributed by atoms with van der Waals surface area (Å²) in [7, 11) is 1.62. The van der Waals surface area contributed by atoms with E-state index in [0.717, 1.165) is 56.1 Å². The van der Waals surface area contributed by atoms with Gasteiger partial charge in [-0.1, -0.05) is 13.0 Å². The van der Waals surface area contributed by atoms with E-state index in [9.17, 15) is 0 Å². The number of nitrogens with one attached hydrogen (secondary N) is 1. The highest BCUT2D eigenvalue weighted by Gasteiger charge is 2.31. The van der Waals surface area contributed by atoms with Crippen LogP contribution in [0.1, 0.15) is 19.2 Å². The van der Waals surface area contributed by atoms with Gasteiger partial charge in [0, 0.05) is 31.4 Å². The van der Waals surface area contributed by atoms with Crippen LogP contribution in [0.25, 0.3) is 16.6 Å². The predicted octanol–water partition coefficient (Wildman–Crippen LogP) is 0.681. The standard InChI is InChI=1S/C19H25N9O/c1-3-15-23-24-16-11-26(9-10-27(15)16)8-7-14-21-18-12-5-4-6-13(29-2)17(12)22-19(20)28(18)25-14/h4-6,15,23H,3,7-11H2,1-2H3,(H2,20,22). The van der Waals surface area contributed by atoms with Crippen molar-refractivity contribution in [3.63, 3.8) is 0 Å². The molecule has 10 heteroatoms. The van der Waals surface area contributed by atoms with Gasteiger partial charge in [-0.2, -0.15) is 9.62 Å². The predicted molar refractivity (Wildman–Crippen MR) is 111 cm³/mol. The summed E-state index contributed by atoms with van der Waals surface area (Å²) in [5, 5.41) is 9.96. The highest BCUT2D eigenvalue weighted by atomic mass is 16.5. The van der Waals surface area contributed by atoms with Crippen LogP contribution >= 0.6 is 0 Å². The summed E-state index contributed by atoms with van der Waals surface area (Å²) in [6.45, 7) is 5.89. The van der Waals surface area contributed by atoms with E-state index >= 15 is 0 Å². The van der Waals surface area contributed by atoms with Gasteiger partial charge in [-0.3, -0.25) is 10.3 Å². The largest absolute Gasteiger partial charge is 0.494 e. The number of benzene rings is 1. The van der Waals surface area contributed by atoms with E-state index in [2.05, 4.69) is 37.3 Å². The van der Waals surface area contributed by atoms with Crippen molar-refractivity contribution in [2.45, 2.75) is 25.9 Å². The van der Waals surface area contributed by atoms with Gasteiger partial charge in [0.2, 0.25) is 5.95 Å². The Morgan fingerprint density at radius 3 is 3.00 bits per heavy atom. The second kappa shape index (κ2) is 7.03. The van der Waals surface area contributed by atoms with Crippen molar-refractivity contribution in [2.75, 3.05) is 39.0 Å². The first-order valence-electron chi connectivity index (χ1n) is 9.97. The van der Waals surface area contributed by atoms with Crippen LogP contribution in [-0.4, -0.2) is 74.7 Å². The Labute approximate surface area is 168 Å². The Morgan fingerprint density at radius 2 is 2.17 bits per heavy atom. The molecule has 1 unspecified atom stereocenters. The first-order valence-corrected chi connectivity index (χ1v) is 9.97. The first kappa shape index (κ1) is 17.9. The zero-order valence-corrected chi connectivity index (χ0v) is 16.7. The van der Waals surface area contributed by atoms with Gasteiger partial charge < -0.3 is 15.4 Å². The highest BCUT2D eigenvalue weighted by Crippen LogP contribution is 2.27. The fourth-order valence-electron chi connectivity index (χ4n) is 4.10. The maximum absolute atomic E-state index is 6.14. The average Bonchev–Trinajstić information content (AvgIpc) is 3.36. The average molecular weight is 395 g/mol. The van der Waals surface area contributed by atoms with Crippen molar-refractivity contribution in [3.05, 3.63) is 24.0 Å². The van der Waals surface area contributed by atoms with Crippen molar-refractivity contribution in [1.29, 1.82) is 0 Å². The molecule has 0 saturated carbocycles. The highest BCUT2D eigenvalue weighted by molar-refractivity contribution is 5.95. The van der Waals surface area contributed by atoms with Gasteiger partial charge in [0.1, 0.15) is 23.3 Å². The van der Waals surface area contributed by atoms with E-state index in [1.54, 1.807) is 11.6 Å². The lowest BCUT2D eigenvalue weighted by Crippen LogP contribution is -2.52. The molecule has 1 aromatic carbocycles. The number of para-hydroxylation sites is 1. The summed E-state index contributed by atoms with van der Waals surface area (Å²) in [5.41, 5.74) is 10.8. The minimum Gasteiger partial charge on any atom is -0.494 e. The molecular weight excluding hydrogens is 370 g/mol. The van der Waals surface area contributed by atoms with Gasteiger partial charge in [0.15, 0.2) is 11.5 Å². The van der Waals surface area contributed by atoms with Gasteiger partial charge in [0.25, 0.3) is 0 Å². The van der Waals surface area contributed by atoms with Crippen LogP contribution in [0, 0.1) is 0 Å². The summed E-state index contributed by atoms with van der Waals surface area (Å²) in [6.07, 6.45) is 2.13. The molecule has 5 rings (SSSR count). The fourth-order valence-corrected chi connectivity index (χ4v) is 4.10. The number of piperazine rings is 1. The molecule has 2 aliphatic rings. The van der Waals surface area contributed by atoms with Gasteiger partial charge in [-0.05, 0) is 18.6 Å². The number of nitrogen functional groups attached to an aromatic ring is 1. The number of rotatable bonds is 5. The number of anilines is 1. The maximum Gasteiger partial charge on any atom is 0.223 e. The van der Waals surface area contributed by atoms with Crippen LogP contribution in [0.15, 0.2) is 23.3 Å². The van der Waals surface area contributed by atoms with E-state index in [1.807, 2.05) is 18.2 Å². The number of nitrogens with two attached hydrogens (primary N) is 1. The van der Waals surface area contributed by atoms with Crippen LogP contribution < -0.4 is 15.9 Å². The Hall–Kier alpha value is -3.14. The zero-order chi connectivity index (χ0) is 20.0. The number of aromatic nitrogens is 4. The van der Waals surface area contributed by atoms with Gasteiger partial charge >= 0.3 is 0 Å². The molecule has 1 fully saturated rings. The van der Waals surface area contributed by atoms with Crippen LogP contribution in [0.4, 0.5) is 5.95 Å². The topological polar surface area (TPSA) is 109 Å². The lowest BCUT2D eigenvalue weighted by Gasteiger charge is -2.36. The molecule has 0 amide bonds. The van der Waals surface area contributed by atoms with Gasteiger partial charge in [-0.15, -0.1) is 5.10 Å². The first-order chi connectivity index (χ1) is 14.2. The van der Waals surface area contributed by atoms with Crippen LogP contribution in [0.5, 0.6) is 5.75 Å². The molecular formula is C19H25N9O. The molecule has 2 aliphatic heterocycles. The Bertz CT molecular complexity index is 1090. The maximum atomic E-state index is 6.14. The van der Waals surface area contributed by atoms with E-state index in [4.69, 9.17) is 15.5 Å². The third-order valence-electron chi connectivity index (χ3n) is 5.67. The van der Waals surface area contributed by atoms with Gasteiger partial charge in [-0.25, -0.2) is 9.97 Å². The Morgan fingerprint density at radius 1 is 1.28 bits per heavy atom. The molecule has 0 bridgehead atoms. The number of methoxy groups -OCH3 is 1. The minimum absolute atomic E-state index is 0.307. The summed E-state index contributed by atoms with van der Waals surface area (Å²) in [6, 6.07) is 5.76. The number of amidine groups is 1. The quantitative estimate of drug-likeness (QED) is 0.649. The number of hydrogen-bond acceptors (Lipinski definition) is 9. The second-order valence-corrected chi connectivity index (χ2v) is 7.39. The molecule has 3 N–H and O–H groups in total. The van der Waals surface area contributed by atoms with Crippen LogP contribution in [0.2, 0.25) is 0 Å². The number of nitrogens with zero attached hydrogens (tertiary/aromatic N) is 7. The summed E-state index contributed by atoms with van der Waals surface area (Å²) < 4.78 is 7.03. The molecule has 152 valence electrons. The second-order valence-electron chi connectivity index (χ2n) is 7.39. The number of hydrazone groups is 1. The smallest absolute Gasteiger partial charge is 0.223 e. The number of fused-ring (bicyclic) bond motifs is 4. The van der Waals surface area contributed by atoms with E-state index in [-0.39, 0.29) is 0 Å². The fraction of sp³-hybridized carbons (Fsp3) is 0.474. The van der Waals surface area contributed by atoms with E-state index < -0.39 is 0 Å². The SMILES string of the molecule is CCC1NN=C2CN(CCc3nc4c5cccc(OC)c5nc(N)n4n3)CCN21. The molecule has 0 aliphatic carbocycles. The van der Waals surface area contributed by atoms with E-state index in [0.29, 0.717) is 29.0 Å². The third-order valence-corrected chi connectivity index (χ3v) is 5.67. The third kappa shape index (κ3) is 3.00. The van der Waals surface area contributed by atoms with Crippen molar-refractivity contribution < 1.29 is 4.74 Å². The minimum atomic E-state index is 0.307. The zero-order valence-electron chi connectivity index (χ0n) is 16.7. The number of hydrogen-bond donors (Lipinski definition) is 2. The van der Waals surface area contributed by atoms with Crippen molar-refractivity contribution >= 4 is 28.3 Å². The molecule has 0 spiro atoms. The lowest BCUT2D eigenvalue weighted by molar-refractivity contribution is 0.198. The molecule has 1 saturated heterocycles.